The molecular weight excluding hydrogens is 442 g/mol. The van der Waals surface area contributed by atoms with E-state index < -0.39 is 0 Å². The predicted octanol–water partition coefficient (Wildman–Crippen LogP) is 7.15. The van der Waals surface area contributed by atoms with Gasteiger partial charge in [-0.05, 0) is 24.5 Å². The number of carbonyl (C=O) groups excluding carboxylic acids is 1. The van der Waals surface area contributed by atoms with Crippen LogP contribution in [-0.4, -0.2) is 23.6 Å². The number of rotatable bonds is 14. The van der Waals surface area contributed by atoms with Crippen molar-refractivity contribution in [1.29, 1.82) is 0 Å². The van der Waals surface area contributed by atoms with Crippen molar-refractivity contribution < 1.29 is 9.53 Å². The Morgan fingerprint density at radius 2 is 1.74 bits per heavy atom. The monoisotopic (exact) mass is 481 g/mol. The van der Waals surface area contributed by atoms with Gasteiger partial charge in [0.15, 0.2) is 4.80 Å². The fraction of sp³-hybridized carbons (Fsp3) is 0.500. The summed E-state index contributed by atoms with van der Waals surface area (Å²) >= 11 is 1.67. The first-order valence-corrected chi connectivity index (χ1v) is 13.6. The number of fused-ring (bicyclic) bond motifs is 1. The fourth-order valence-corrected chi connectivity index (χ4v) is 5.01. The molecule has 1 N–H and O–H groups in total. The Morgan fingerprint density at radius 3 is 2.47 bits per heavy atom. The van der Waals surface area contributed by atoms with Gasteiger partial charge in [0, 0.05) is 19.5 Å². The first-order chi connectivity index (χ1) is 16.6. The standard InChI is InChI=1S/C28H39N3O2S/c1-4-6-8-9-10-14-18-33-26-20-25-27(19-24(26)30-22(3)32)34-28(29-17-7-5-2)31(25)21-23-15-12-11-13-16-23/h11-13,15-16,19-20H,4-10,14,17-18,21H2,1-3H3,(H,30,32). The van der Waals surface area contributed by atoms with Crippen LogP contribution < -0.4 is 14.9 Å². The smallest absolute Gasteiger partial charge is 0.221 e. The van der Waals surface area contributed by atoms with E-state index in [0.717, 1.165) is 58.8 Å². The van der Waals surface area contributed by atoms with Crippen molar-refractivity contribution in [2.75, 3.05) is 18.5 Å². The van der Waals surface area contributed by atoms with Crippen LogP contribution in [0.4, 0.5) is 5.69 Å². The molecule has 5 nitrogen and oxygen atoms in total. The summed E-state index contributed by atoms with van der Waals surface area (Å²) in [6, 6.07) is 14.6. The number of hydrogen-bond donors (Lipinski definition) is 1. The summed E-state index contributed by atoms with van der Waals surface area (Å²) in [6.45, 7) is 8.18. The molecule has 0 aliphatic carbocycles. The number of nitrogens with zero attached hydrogens (tertiary/aromatic N) is 2. The number of ether oxygens (including phenoxy) is 1. The summed E-state index contributed by atoms with van der Waals surface area (Å²) in [7, 11) is 0. The zero-order valence-corrected chi connectivity index (χ0v) is 21.8. The lowest BCUT2D eigenvalue weighted by atomic mass is 10.1. The third-order valence-corrected chi connectivity index (χ3v) is 6.87. The Bertz CT molecular complexity index is 1100. The van der Waals surface area contributed by atoms with Crippen LogP contribution >= 0.6 is 11.3 Å². The van der Waals surface area contributed by atoms with Crippen LogP contribution in [0.5, 0.6) is 5.75 Å². The third kappa shape index (κ3) is 7.73. The SMILES string of the molecule is CCCCCCCCOc1cc2c(cc1NC(C)=O)sc(=NCCCC)n2Cc1ccccc1. The number of unbranched alkanes of at least 4 members (excludes halogenated alkanes) is 6. The summed E-state index contributed by atoms with van der Waals surface area (Å²) in [5.41, 5.74) is 3.06. The Labute approximate surface area is 207 Å². The highest BCUT2D eigenvalue weighted by atomic mass is 32.1. The zero-order valence-electron chi connectivity index (χ0n) is 20.9. The van der Waals surface area contributed by atoms with E-state index in [1.807, 2.05) is 12.1 Å². The molecule has 1 aromatic heterocycles. The zero-order chi connectivity index (χ0) is 24.2. The van der Waals surface area contributed by atoms with Crippen molar-refractivity contribution in [3.05, 3.63) is 52.8 Å². The van der Waals surface area contributed by atoms with E-state index in [1.54, 1.807) is 11.3 Å². The Morgan fingerprint density at radius 1 is 1.00 bits per heavy atom. The number of hydrogen-bond acceptors (Lipinski definition) is 4. The number of anilines is 1. The summed E-state index contributed by atoms with van der Waals surface area (Å²) in [4.78, 5) is 17.8. The molecule has 6 heteroatoms. The second-order valence-electron chi connectivity index (χ2n) is 8.81. The number of benzene rings is 2. The van der Waals surface area contributed by atoms with Gasteiger partial charge in [0.2, 0.25) is 5.91 Å². The summed E-state index contributed by atoms with van der Waals surface area (Å²) in [5, 5.41) is 2.97. The minimum Gasteiger partial charge on any atom is -0.491 e. The molecule has 0 bridgehead atoms. The van der Waals surface area contributed by atoms with E-state index in [-0.39, 0.29) is 5.91 Å². The Balaban J connectivity index is 1.91. The number of thiazole rings is 1. The van der Waals surface area contributed by atoms with Crippen molar-refractivity contribution >= 4 is 33.1 Å². The van der Waals surface area contributed by atoms with E-state index >= 15 is 0 Å². The second kappa shape index (κ2) is 14.0. The minimum absolute atomic E-state index is 0.0923. The highest BCUT2D eigenvalue weighted by molar-refractivity contribution is 7.16. The molecule has 0 fully saturated rings. The number of nitrogens with one attached hydrogen (secondary N) is 1. The van der Waals surface area contributed by atoms with Gasteiger partial charge in [0.05, 0.1) is 29.1 Å². The fourth-order valence-electron chi connectivity index (χ4n) is 3.94. The van der Waals surface area contributed by atoms with Gasteiger partial charge in [0.25, 0.3) is 0 Å². The molecule has 34 heavy (non-hydrogen) atoms. The molecule has 0 aliphatic heterocycles. The van der Waals surface area contributed by atoms with Crippen LogP contribution in [0.25, 0.3) is 10.2 Å². The first-order valence-electron chi connectivity index (χ1n) is 12.7. The van der Waals surface area contributed by atoms with Gasteiger partial charge in [-0.15, -0.1) is 0 Å². The van der Waals surface area contributed by atoms with Gasteiger partial charge < -0.3 is 14.6 Å². The highest BCUT2D eigenvalue weighted by Crippen LogP contribution is 2.32. The van der Waals surface area contributed by atoms with Crippen molar-refractivity contribution in [2.45, 2.75) is 78.7 Å². The molecule has 1 amide bonds. The first kappa shape index (κ1) is 26.0. The number of amides is 1. The van der Waals surface area contributed by atoms with E-state index in [2.05, 4.69) is 54.1 Å². The van der Waals surface area contributed by atoms with Crippen molar-refractivity contribution in [3.8, 4) is 5.75 Å². The maximum absolute atomic E-state index is 11.9. The van der Waals surface area contributed by atoms with Crippen LogP contribution in [0.3, 0.4) is 0 Å². The lowest BCUT2D eigenvalue weighted by molar-refractivity contribution is -0.114. The highest BCUT2D eigenvalue weighted by Gasteiger charge is 2.14. The van der Waals surface area contributed by atoms with Crippen molar-refractivity contribution in [2.24, 2.45) is 4.99 Å². The average molecular weight is 482 g/mol. The van der Waals surface area contributed by atoms with E-state index in [1.165, 1.54) is 44.6 Å². The molecule has 0 saturated carbocycles. The van der Waals surface area contributed by atoms with E-state index in [4.69, 9.17) is 9.73 Å². The van der Waals surface area contributed by atoms with Crippen LogP contribution in [0.1, 0.15) is 77.7 Å². The average Bonchev–Trinajstić information content (AvgIpc) is 3.15. The van der Waals surface area contributed by atoms with Crippen LogP contribution in [0.15, 0.2) is 47.5 Å². The minimum atomic E-state index is -0.0923. The number of aromatic nitrogens is 1. The quantitative estimate of drug-likeness (QED) is 0.249. The summed E-state index contributed by atoms with van der Waals surface area (Å²) in [6.07, 6.45) is 9.48. The molecule has 0 radical (unpaired) electrons. The summed E-state index contributed by atoms with van der Waals surface area (Å²) in [5.74, 6) is 0.640. The van der Waals surface area contributed by atoms with Crippen molar-refractivity contribution in [3.63, 3.8) is 0 Å². The molecule has 3 aromatic rings. The van der Waals surface area contributed by atoms with E-state index in [9.17, 15) is 4.79 Å². The third-order valence-electron chi connectivity index (χ3n) is 5.79. The van der Waals surface area contributed by atoms with Gasteiger partial charge in [0.1, 0.15) is 5.75 Å². The predicted molar refractivity (Wildman–Crippen MR) is 144 cm³/mol. The van der Waals surface area contributed by atoms with Crippen LogP contribution in [0, 0.1) is 0 Å². The molecule has 2 aromatic carbocycles. The van der Waals surface area contributed by atoms with Crippen molar-refractivity contribution in [1.82, 2.24) is 4.57 Å². The van der Waals surface area contributed by atoms with Gasteiger partial charge in [-0.1, -0.05) is 94.0 Å². The van der Waals surface area contributed by atoms with Gasteiger partial charge in [-0.2, -0.15) is 0 Å². The summed E-state index contributed by atoms with van der Waals surface area (Å²) < 4.78 is 9.59. The van der Waals surface area contributed by atoms with E-state index in [0.29, 0.717) is 6.61 Å². The topological polar surface area (TPSA) is 55.6 Å². The normalized spacial score (nSPS) is 11.8. The van der Waals surface area contributed by atoms with Gasteiger partial charge in [-0.3, -0.25) is 9.79 Å². The van der Waals surface area contributed by atoms with Crippen LogP contribution in [-0.2, 0) is 11.3 Å². The Kier molecular flexibility index (Phi) is 10.7. The molecule has 0 unspecified atom stereocenters. The molecule has 0 spiro atoms. The second-order valence-corrected chi connectivity index (χ2v) is 9.81. The molecule has 0 saturated heterocycles. The molecule has 0 atom stereocenters. The molecule has 0 aliphatic rings. The number of carbonyl (C=O) groups is 1. The molecular formula is C28H39N3O2S. The maximum Gasteiger partial charge on any atom is 0.221 e. The van der Waals surface area contributed by atoms with Crippen LogP contribution in [0.2, 0.25) is 0 Å². The van der Waals surface area contributed by atoms with Gasteiger partial charge in [-0.25, -0.2) is 0 Å². The lowest BCUT2D eigenvalue weighted by Crippen LogP contribution is -2.16. The maximum atomic E-state index is 11.9. The molecule has 1 heterocycles. The molecule has 184 valence electrons. The lowest BCUT2D eigenvalue weighted by Gasteiger charge is -2.13. The molecule has 3 rings (SSSR count). The largest absolute Gasteiger partial charge is 0.491 e. The Hall–Kier alpha value is -2.60. The van der Waals surface area contributed by atoms with Gasteiger partial charge >= 0.3 is 0 Å².